The lowest BCUT2D eigenvalue weighted by atomic mass is 10.1. The van der Waals surface area contributed by atoms with Crippen molar-refractivity contribution in [3.8, 4) is 11.6 Å². The molecule has 3 rings (SSSR count). The first-order valence-corrected chi connectivity index (χ1v) is 9.18. The third kappa shape index (κ3) is 4.89. The van der Waals surface area contributed by atoms with E-state index in [1.165, 1.54) is 12.1 Å². The Morgan fingerprint density at radius 2 is 1.86 bits per heavy atom. The molecule has 2 aromatic heterocycles. The monoisotopic (exact) mass is 420 g/mol. The van der Waals surface area contributed by atoms with Crippen molar-refractivity contribution in [1.29, 1.82) is 0 Å². The smallest absolute Gasteiger partial charge is 0.387 e. The summed E-state index contributed by atoms with van der Waals surface area (Å²) < 4.78 is 30.5. The predicted octanol–water partition coefficient (Wildman–Crippen LogP) is 4.63. The quantitative estimate of drug-likeness (QED) is 0.631. The Morgan fingerprint density at radius 3 is 2.45 bits per heavy atom. The number of carbonyl (C=O) groups excluding carboxylic acids is 1. The van der Waals surface area contributed by atoms with E-state index in [4.69, 9.17) is 11.6 Å². The maximum atomic E-state index is 12.7. The fraction of sp³-hybridized carbons (Fsp3) is 0.250. The van der Waals surface area contributed by atoms with Crippen LogP contribution in [0.3, 0.4) is 0 Å². The SMILES string of the molecule is Cc1cc(C)n(-c2ccc(Cl)c(C(=O)NC(C)c3ccc(OC(F)F)cc3)n2)n1. The predicted molar refractivity (Wildman–Crippen MR) is 105 cm³/mol. The van der Waals surface area contributed by atoms with Crippen molar-refractivity contribution in [2.24, 2.45) is 0 Å². The van der Waals surface area contributed by atoms with Crippen LogP contribution in [0.4, 0.5) is 8.78 Å². The second-order valence-electron chi connectivity index (χ2n) is 6.48. The summed E-state index contributed by atoms with van der Waals surface area (Å²) in [4.78, 5) is 17.1. The molecule has 9 heteroatoms. The largest absolute Gasteiger partial charge is 0.435 e. The molecule has 0 radical (unpaired) electrons. The maximum absolute atomic E-state index is 12.7. The number of nitrogens with one attached hydrogen (secondary N) is 1. The lowest BCUT2D eigenvalue weighted by Crippen LogP contribution is -2.28. The Morgan fingerprint density at radius 1 is 1.17 bits per heavy atom. The standard InChI is InChI=1S/C20H19ClF2N4O2/c1-11-10-12(2)27(26-11)17-9-8-16(21)18(25-17)19(28)24-13(3)14-4-6-15(7-5-14)29-20(22)23/h4-10,13,20H,1-3H3,(H,24,28). The van der Waals surface area contributed by atoms with E-state index in [1.807, 2.05) is 19.9 Å². The third-order valence-corrected chi connectivity index (χ3v) is 4.53. The van der Waals surface area contributed by atoms with Gasteiger partial charge in [-0.05, 0) is 56.7 Å². The van der Waals surface area contributed by atoms with Gasteiger partial charge in [-0.1, -0.05) is 23.7 Å². The van der Waals surface area contributed by atoms with E-state index >= 15 is 0 Å². The minimum atomic E-state index is -2.89. The number of benzene rings is 1. The van der Waals surface area contributed by atoms with Gasteiger partial charge < -0.3 is 10.1 Å². The second-order valence-corrected chi connectivity index (χ2v) is 6.89. The van der Waals surface area contributed by atoms with Gasteiger partial charge in [0.1, 0.15) is 11.4 Å². The summed E-state index contributed by atoms with van der Waals surface area (Å²) in [5, 5.41) is 7.38. The highest BCUT2D eigenvalue weighted by Crippen LogP contribution is 2.21. The molecule has 0 fully saturated rings. The molecule has 0 aliphatic rings. The van der Waals surface area contributed by atoms with Gasteiger partial charge >= 0.3 is 6.61 Å². The minimum Gasteiger partial charge on any atom is -0.435 e. The molecule has 6 nitrogen and oxygen atoms in total. The van der Waals surface area contributed by atoms with E-state index in [0.717, 1.165) is 11.4 Å². The summed E-state index contributed by atoms with van der Waals surface area (Å²) in [6.45, 7) is 2.63. The summed E-state index contributed by atoms with van der Waals surface area (Å²) in [6.07, 6.45) is 0. The zero-order valence-electron chi connectivity index (χ0n) is 16.0. The molecule has 1 atom stereocenters. The molecule has 1 aromatic carbocycles. The molecule has 0 spiro atoms. The number of rotatable bonds is 6. The Balaban J connectivity index is 1.78. The highest BCUT2D eigenvalue weighted by molar-refractivity contribution is 6.33. The number of halogens is 3. The van der Waals surface area contributed by atoms with Crippen LogP contribution in [-0.4, -0.2) is 27.3 Å². The number of pyridine rings is 1. The molecule has 0 bridgehead atoms. The number of amides is 1. The number of alkyl halides is 2. The number of hydrogen-bond acceptors (Lipinski definition) is 4. The summed E-state index contributed by atoms with van der Waals surface area (Å²) in [5.41, 5.74) is 2.49. The molecule has 1 amide bonds. The average molecular weight is 421 g/mol. The number of nitrogens with zero attached hydrogens (tertiary/aromatic N) is 3. The minimum absolute atomic E-state index is 0.0459. The van der Waals surface area contributed by atoms with Gasteiger partial charge in [0.05, 0.1) is 16.8 Å². The summed E-state index contributed by atoms with van der Waals surface area (Å²) >= 11 is 6.18. The first-order valence-electron chi connectivity index (χ1n) is 8.80. The maximum Gasteiger partial charge on any atom is 0.387 e. The molecular formula is C20H19ClF2N4O2. The molecule has 0 aliphatic carbocycles. The van der Waals surface area contributed by atoms with Crippen LogP contribution >= 0.6 is 11.6 Å². The van der Waals surface area contributed by atoms with E-state index in [-0.39, 0.29) is 16.5 Å². The fourth-order valence-corrected chi connectivity index (χ4v) is 3.05. The number of ether oxygens (including phenoxy) is 1. The zero-order valence-corrected chi connectivity index (χ0v) is 16.7. The first-order chi connectivity index (χ1) is 13.7. The van der Waals surface area contributed by atoms with Crippen LogP contribution < -0.4 is 10.1 Å². The molecule has 0 aliphatic heterocycles. The highest BCUT2D eigenvalue weighted by Gasteiger charge is 2.18. The van der Waals surface area contributed by atoms with Gasteiger partial charge in [0.2, 0.25) is 0 Å². The lowest BCUT2D eigenvalue weighted by molar-refractivity contribution is -0.0498. The lowest BCUT2D eigenvalue weighted by Gasteiger charge is -2.16. The molecule has 1 unspecified atom stereocenters. The summed E-state index contributed by atoms with van der Waals surface area (Å²) in [7, 11) is 0. The van der Waals surface area contributed by atoms with Crippen LogP contribution in [0, 0.1) is 13.8 Å². The fourth-order valence-electron chi connectivity index (χ4n) is 2.86. The van der Waals surface area contributed by atoms with Gasteiger partial charge in [0.25, 0.3) is 5.91 Å². The van der Waals surface area contributed by atoms with Gasteiger partial charge in [-0.25, -0.2) is 9.67 Å². The summed E-state index contributed by atoms with van der Waals surface area (Å²) in [5.74, 6) is 0.0645. The molecule has 0 saturated carbocycles. The van der Waals surface area contributed by atoms with Crippen LogP contribution in [0.1, 0.15) is 40.4 Å². The van der Waals surface area contributed by atoms with E-state index in [2.05, 4.69) is 20.1 Å². The molecule has 152 valence electrons. The normalized spacial score (nSPS) is 12.1. The van der Waals surface area contributed by atoms with Crippen LogP contribution in [0.5, 0.6) is 5.75 Å². The van der Waals surface area contributed by atoms with Crippen molar-refractivity contribution < 1.29 is 18.3 Å². The van der Waals surface area contributed by atoms with Gasteiger partial charge in [0, 0.05) is 5.69 Å². The third-order valence-electron chi connectivity index (χ3n) is 4.23. The Hall–Kier alpha value is -3.00. The van der Waals surface area contributed by atoms with Crippen molar-refractivity contribution in [1.82, 2.24) is 20.1 Å². The van der Waals surface area contributed by atoms with Crippen LogP contribution in [-0.2, 0) is 0 Å². The van der Waals surface area contributed by atoms with E-state index in [9.17, 15) is 13.6 Å². The average Bonchev–Trinajstić information content (AvgIpc) is 3.00. The van der Waals surface area contributed by atoms with E-state index in [0.29, 0.717) is 11.4 Å². The van der Waals surface area contributed by atoms with Gasteiger partial charge in [-0.3, -0.25) is 4.79 Å². The highest BCUT2D eigenvalue weighted by atomic mass is 35.5. The first kappa shape index (κ1) is 20.7. The molecule has 29 heavy (non-hydrogen) atoms. The molecular weight excluding hydrogens is 402 g/mol. The van der Waals surface area contributed by atoms with Gasteiger partial charge in [0.15, 0.2) is 5.82 Å². The molecule has 2 heterocycles. The van der Waals surface area contributed by atoms with Crippen molar-refractivity contribution in [3.63, 3.8) is 0 Å². The Kier molecular flexibility index (Phi) is 6.12. The molecule has 1 N–H and O–H groups in total. The van der Waals surface area contributed by atoms with Crippen molar-refractivity contribution in [2.75, 3.05) is 0 Å². The topological polar surface area (TPSA) is 69.0 Å². The van der Waals surface area contributed by atoms with Crippen molar-refractivity contribution >= 4 is 17.5 Å². The molecule has 3 aromatic rings. The molecule has 0 saturated heterocycles. The summed E-state index contributed by atoms with van der Waals surface area (Å²) in [6, 6.07) is 10.8. The van der Waals surface area contributed by atoms with Gasteiger partial charge in [-0.15, -0.1) is 0 Å². The number of aryl methyl sites for hydroxylation is 2. The number of hydrogen-bond donors (Lipinski definition) is 1. The Bertz CT molecular complexity index is 1020. The van der Waals surface area contributed by atoms with Gasteiger partial charge in [-0.2, -0.15) is 13.9 Å². The van der Waals surface area contributed by atoms with Crippen LogP contribution in [0.15, 0.2) is 42.5 Å². The van der Waals surface area contributed by atoms with Crippen molar-refractivity contribution in [3.05, 3.63) is 70.1 Å². The van der Waals surface area contributed by atoms with E-state index in [1.54, 1.807) is 35.9 Å². The zero-order chi connectivity index (χ0) is 21.1. The number of carbonyl (C=O) groups is 1. The van der Waals surface area contributed by atoms with E-state index < -0.39 is 18.6 Å². The van der Waals surface area contributed by atoms with Crippen molar-refractivity contribution in [2.45, 2.75) is 33.4 Å². The van der Waals surface area contributed by atoms with Crippen LogP contribution in [0.25, 0.3) is 5.82 Å². The van der Waals surface area contributed by atoms with Crippen LogP contribution in [0.2, 0.25) is 5.02 Å². The Labute approximate surface area is 171 Å². The second kappa shape index (κ2) is 8.57. The number of aromatic nitrogens is 3.